The summed E-state index contributed by atoms with van der Waals surface area (Å²) in [6, 6.07) is 10.5. The van der Waals surface area contributed by atoms with E-state index in [0.717, 1.165) is 0 Å². The van der Waals surface area contributed by atoms with Gasteiger partial charge in [0.05, 0.1) is 34.6 Å². The molecular weight excluding hydrogens is 468 g/mol. The molecule has 3 rings (SSSR count). The first-order chi connectivity index (χ1) is 15.7. The quantitative estimate of drug-likeness (QED) is 0.557. The fourth-order valence-corrected chi connectivity index (χ4v) is 4.87. The Labute approximate surface area is 198 Å². The highest BCUT2D eigenvalue weighted by molar-refractivity contribution is 7.92. The zero-order valence-corrected chi connectivity index (χ0v) is 20.1. The Morgan fingerprint density at radius 1 is 1.06 bits per heavy atom. The van der Waals surface area contributed by atoms with Crippen LogP contribution < -0.4 is 9.46 Å². The molecule has 0 saturated carbocycles. The average Bonchev–Trinajstić information content (AvgIpc) is 2.80. The third-order valence-electron chi connectivity index (χ3n) is 5.30. The summed E-state index contributed by atoms with van der Waals surface area (Å²) in [5.74, 6) is -0.238. The molecule has 1 aliphatic heterocycles. The largest absolute Gasteiger partial charge is 0.494 e. The van der Waals surface area contributed by atoms with Gasteiger partial charge in [0, 0.05) is 18.8 Å². The van der Waals surface area contributed by atoms with Crippen molar-refractivity contribution >= 4 is 39.2 Å². The Bertz CT molecular complexity index is 1100. The fourth-order valence-electron chi connectivity index (χ4n) is 3.58. The van der Waals surface area contributed by atoms with Crippen LogP contribution in [0.5, 0.6) is 5.75 Å². The van der Waals surface area contributed by atoms with E-state index in [0.29, 0.717) is 50.6 Å². The van der Waals surface area contributed by atoms with Crippen LogP contribution in [-0.2, 0) is 19.6 Å². The third kappa shape index (κ3) is 6.17. The molecule has 0 radical (unpaired) electrons. The predicted molar refractivity (Wildman–Crippen MR) is 125 cm³/mol. The summed E-state index contributed by atoms with van der Waals surface area (Å²) in [7, 11) is -3.95. The van der Waals surface area contributed by atoms with Gasteiger partial charge in [-0.2, -0.15) is 0 Å². The Kier molecular flexibility index (Phi) is 8.20. The van der Waals surface area contributed by atoms with Gasteiger partial charge in [-0.1, -0.05) is 11.6 Å². The highest BCUT2D eigenvalue weighted by Gasteiger charge is 2.30. The molecule has 178 valence electrons. The Morgan fingerprint density at radius 3 is 2.33 bits per heavy atom. The first-order valence-electron chi connectivity index (χ1n) is 10.8. The molecule has 0 aliphatic carbocycles. The Hall–Kier alpha value is -2.78. The van der Waals surface area contributed by atoms with Crippen molar-refractivity contribution in [2.24, 2.45) is 5.92 Å². The second-order valence-electron chi connectivity index (χ2n) is 7.52. The van der Waals surface area contributed by atoms with Crippen molar-refractivity contribution in [3.05, 3.63) is 53.1 Å². The summed E-state index contributed by atoms with van der Waals surface area (Å²) < 4.78 is 38.7. The van der Waals surface area contributed by atoms with Crippen molar-refractivity contribution < 1.29 is 27.5 Å². The zero-order chi connectivity index (χ0) is 24.0. The molecule has 8 nitrogen and oxygen atoms in total. The highest BCUT2D eigenvalue weighted by Crippen LogP contribution is 2.27. The van der Waals surface area contributed by atoms with Crippen LogP contribution in [-0.4, -0.2) is 51.5 Å². The number of ether oxygens (including phenoxy) is 2. The number of amides is 1. The zero-order valence-electron chi connectivity index (χ0n) is 18.5. The molecule has 2 aromatic rings. The molecule has 2 aromatic carbocycles. The van der Waals surface area contributed by atoms with Crippen molar-refractivity contribution in [3.63, 3.8) is 0 Å². The van der Waals surface area contributed by atoms with Crippen LogP contribution in [0.2, 0.25) is 5.02 Å². The number of likely N-dealkylation sites (tertiary alicyclic amines) is 1. The molecule has 1 fully saturated rings. The van der Waals surface area contributed by atoms with E-state index in [2.05, 4.69) is 4.72 Å². The van der Waals surface area contributed by atoms with Crippen molar-refractivity contribution in [1.29, 1.82) is 0 Å². The van der Waals surface area contributed by atoms with Gasteiger partial charge in [-0.15, -0.1) is 0 Å². The lowest BCUT2D eigenvalue weighted by molar-refractivity contribution is -0.149. The first-order valence-corrected chi connectivity index (χ1v) is 12.6. The van der Waals surface area contributed by atoms with Crippen LogP contribution in [0, 0.1) is 5.92 Å². The number of benzene rings is 2. The summed E-state index contributed by atoms with van der Waals surface area (Å²) in [5.41, 5.74) is 0.461. The van der Waals surface area contributed by atoms with Crippen LogP contribution in [0.3, 0.4) is 0 Å². The van der Waals surface area contributed by atoms with Gasteiger partial charge in [0.15, 0.2) is 0 Å². The van der Waals surface area contributed by atoms with Gasteiger partial charge < -0.3 is 14.4 Å². The van der Waals surface area contributed by atoms with Crippen molar-refractivity contribution in [3.8, 4) is 5.75 Å². The molecule has 0 unspecified atom stereocenters. The van der Waals surface area contributed by atoms with Gasteiger partial charge in [-0.05, 0) is 69.2 Å². The summed E-state index contributed by atoms with van der Waals surface area (Å²) in [4.78, 5) is 26.5. The maximum Gasteiger partial charge on any atom is 0.309 e. The number of piperidine rings is 1. The third-order valence-corrected chi connectivity index (χ3v) is 7.01. The first kappa shape index (κ1) is 24.9. The Balaban J connectivity index is 1.73. The summed E-state index contributed by atoms with van der Waals surface area (Å²) in [5, 5.41) is 0.160. The van der Waals surface area contributed by atoms with E-state index in [4.69, 9.17) is 21.1 Å². The monoisotopic (exact) mass is 494 g/mol. The lowest BCUT2D eigenvalue weighted by atomic mass is 9.96. The molecule has 10 heteroatoms. The minimum atomic E-state index is -3.95. The van der Waals surface area contributed by atoms with E-state index in [1.807, 2.05) is 6.92 Å². The van der Waals surface area contributed by atoms with Crippen LogP contribution in [0.15, 0.2) is 47.4 Å². The number of anilines is 1. The van der Waals surface area contributed by atoms with E-state index in [1.54, 1.807) is 36.1 Å². The number of nitrogens with zero attached hydrogens (tertiary/aromatic N) is 1. The number of esters is 1. The molecule has 1 amide bonds. The summed E-state index contributed by atoms with van der Waals surface area (Å²) in [6.45, 7) is 5.16. The van der Waals surface area contributed by atoms with Crippen molar-refractivity contribution in [1.82, 2.24) is 4.90 Å². The molecule has 0 spiro atoms. The van der Waals surface area contributed by atoms with Gasteiger partial charge in [0.1, 0.15) is 5.75 Å². The maximum absolute atomic E-state index is 13.1. The van der Waals surface area contributed by atoms with Crippen molar-refractivity contribution in [2.75, 3.05) is 31.0 Å². The van der Waals surface area contributed by atoms with Gasteiger partial charge in [-0.25, -0.2) is 8.42 Å². The number of carbonyl (C=O) groups is 2. The Morgan fingerprint density at radius 2 is 1.73 bits per heavy atom. The summed E-state index contributed by atoms with van der Waals surface area (Å²) >= 11 is 6.24. The molecule has 1 heterocycles. The smallest absolute Gasteiger partial charge is 0.309 e. The van der Waals surface area contributed by atoms with E-state index in [9.17, 15) is 18.0 Å². The van der Waals surface area contributed by atoms with Gasteiger partial charge in [0.2, 0.25) is 0 Å². The predicted octanol–water partition coefficient (Wildman–Crippen LogP) is 3.95. The van der Waals surface area contributed by atoms with Crippen LogP contribution in [0.4, 0.5) is 5.69 Å². The average molecular weight is 495 g/mol. The molecule has 0 bridgehead atoms. The number of rotatable bonds is 8. The normalized spacial score (nSPS) is 14.6. The molecule has 1 aliphatic rings. The van der Waals surface area contributed by atoms with Crippen molar-refractivity contribution in [2.45, 2.75) is 31.6 Å². The molecular formula is C23H27ClN2O6S. The SMILES string of the molecule is CCOC(=O)C1CCN(C(=O)c2cc(S(=O)(=O)Nc3ccc(OCC)cc3)ccc2Cl)CC1. The van der Waals surface area contributed by atoms with Gasteiger partial charge in [-0.3, -0.25) is 14.3 Å². The van der Waals surface area contributed by atoms with E-state index in [1.165, 1.54) is 18.2 Å². The summed E-state index contributed by atoms with van der Waals surface area (Å²) in [6.07, 6.45) is 0.971. The molecule has 1 saturated heterocycles. The second-order valence-corrected chi connectivity index (χ2v) is 9.61. The molecule has 0 aromatic heterocycles. The maximum atomic E-state index is 13.1. The number of hydrogen-bond donors (Lipinski definition) is 1. The number of hydrogen-bond acceptors (Lipinski definition) is 6. The topological polar surface area (TPSA) is 102 Å². The van der Waals surface area contributed by atoms with E-state index < -0.39 is 10.0 Å². The van der Waals surface area contributed by atoms with E-state index in [-0.39, 0.29) is 33.3 Å². The highest BCUT2D eigenvalue weighted by atomic mass is 35.5. The lowest BCUT2D eigenvalue weighted by Crippen LogP contribution is -2.40. The van der Waals surface area contributed by atoms with Gasteiger partial charge >= 0.3 is 5.97 Å². The lowest BCUT2D eigenvalue weighted by Gasteiger charge is -2.31. The molecule has 0 atom stereocenters. The van der Waals surface area contributed by atoms with Crippen LogP contribution in [0.1, 0.15) is 37.0 Å². The minimum absolute atomic E-state index is 0.0782. The van der Waals surface area contributed by atoms with E-state index >= 15 is 0 Å². The molecule has 33 heavy (non-hydrogen) atoms. The number of carbonyl (C=O) groups excluding carboxylic acids is 2. The van der Waals surface area contributed by atoms with Crippen LogP contribution in [0.25, 0.3) is 0 Å². The number of sulfonamides is 1. The fraction of sp³-hybridized carbons (Fsp3) is 0.391. The second kappa shape index (κ2) is 10.9. The number of halogens is 1. The number of nitrogens with one attached hydrogen (secondary N) is 1. The standard InChI is InChI=1S/C23H27ClN2O6S/c1-3-31-18-7-5-17(6-8-18)25-33(29,30)19-9-10-21(24)20(15-19)22(27)26-13-11-16(12-14-26)23(28)32-4-2/h5-10,15-16,25H,3-4,11-14H2,1-2H3. The van der Waals surface area contributed by atoms with Gasteiger partial charge in [0.25, 0.3) is 15.9 Å². The minimum Gasteiger partial charge on any atom is -0.494 e. The molecule has 1 N–H and O–H groups in total. The van der Waals surface area contributed by atoms with Crippen LogP contribution >= 0.6 is 11.6 Å².